The van der Waals surface area contributed by atoms with Crippen LogP contribution in [0.15, 0.2) is 54.6 Å². The van der Waals surface area contributed by atoms with E-state index in [0.29, 0.717) is 16.3 Å². The van der Waals surface area contributed by atoms with Crippen molar-refractivity contribution in [1.29, 1.82) is 0 Å². The Hall–Kier alpha value is -3.38. The molecule has 4 rings (SSSR count). The Balaban J connectivity index is 1.59. The molecule has 3 aromatic carbocycles. The summed E-state index contributed by atoms with van der Waals surface area (Å²) in [6.07, 6.45) is 0. The summed E-state index contributed by atoms with van der Waals surface area (Å²) in [5.41, 5.74) is 1.66. The summed E-state index contributed by atoms with van der Waals surface area (Å²) in [7, 11) is 0. The highest BCUT2D eigenvalue weighted by Crippen LogP contribution is 2.34. The maximum atomic E-state index is 13.3. The van der Waals surface area contributed by atoms with E-state index in [4.69, 9.17) is 11.6 Å². The number of urea groups is 1. The molecular formula is C24H22ClN3O3. The van der Waals surface area contributed by atoms with Crippen molar-refractivity contribution in [1.82, 2.24) is 10.2 Å². The number of rotatable bonds is 4. The fraction of sp³-hybridized carbons (Fsp3) is 0.208. The lowest BCUT2D eigenvalue weighted by Gasteiger charge is -2.24. The van der Waals surface area contributed by atoms with E-state index in [9.17, 15) is 14.4 Å². The second-order valence-corrected chi connectivity index (χ2v) is 8.37. The molecule has 0 radical (unpaired) electrons. The van der Waals surface area contributed by atoms with E-state index >= 15 is 0 Å². The summed E-state index contributed by atoms with van der Waals surface area (Å²) in [4.78, 5) is 39.6. The number of carbonyl (C=O) groups is 3. The largest absolute Gasteiger partial charge is 0.325 e. The zero-order chi connectivity index (χ0) is 22.3. The van der Waals surface area contributed by atoms with Gasteiger partial charge in [0.05, 0.1) is 10.7 Å². The summed E-state index contributed by atoms with van der Waals surface area (Å²) >= 11 is 6.26. The molecule has 1 atom stereocenters. The van der Waals surface area contributed by atoms with Crippen LogP contribution < -0.4 is 10.6 Å². The van der Waals surface area contributed by atoms with Crippen molar-refractivity contribution < 1.29 is 14.4 Å². The van der Waals surface area contributed by atoms with Gasteiger partial charge in [0.1, 0.15) is 12.1 Å². The molecule has 4 amide bonds. The Morgan fingerprint density at radius 3 is 2.55 bits per heavy atom. The van der Waals surface area contributed by atoms with E-state index in [0.717, 1.165) is 26.8 Å². The Kier molecular flexibility index (Phi) is 5.19. The van der Waals surface area contributed by atoms with Gasteiger partial charge in [0.15, 0.2) is 0 Å². The highest BCUT2D eigenvalue weighted by molar-refractivity contribution is 6.34. The first-order chi connectivity index (χ1) is 14.7. The minimum Gasteiger partial charge on any atom is -0.323 e. The quantitative estimate of drug-likeness (QED) is 0.591. The first-order valence-electron chi connectivity index (χ1n) is 9.89. The second-order valence-electron chi connectivity index (χ2n) is 7.96. The zero-order valence-electron chi connectivity index (χ0n) is 17.5. The number of nitrogens with one attached hydrogen (secondary N) is 2. The monoisotopic (exact) mass is 435 g/mol. The SMILES string of the molecule is Cc1cc(C)c(NC(=O)CN2C(=O)NC(C)(c3cccc4ccccc34)C2=O)c(Cl)c1. The smallest absolute Gasteiger partial charge is 0.323 e. The number of hydrogen-bond donors (Lipinski definition) is 2. The van der Waals surface area contributed by atoms with Gasteiger partial charge in [-0.05, 0) is 54.3 Å². The summed E-state index contributed by atoms with van der Waals surface area (Å²) < 4.78 is 0. The molecule has 0 aliphatic carbocycles. The fourth-order valence-corrected chi connectivity index (χ4v) is 4.45. The lowest BCUT2D eigenvalue weighted by Crippen LogP contribution is -2.42. The molecule has 0 spiro atoms. The maximum absolute atomic E-state index is 13.3. The van der Waals surface area contributed by atoms with Gasteiger partial charge in [0, 0.05) is 0 Å². The fourth-order valence-electron chi connectivity index (χ4n) is 4.08. The van der Waals surface area contributed by atoms with Crippen LogP contribution in [-0.4, -0.2) is 29.3 Å². The Morgan fingerprint density at radius 1 is 1.10 bits per heavy atom. The molecule has 1 unspecified atom stereocenters. The molecule has 158 valence electrons. The molecule has 31 heavy (non-hydrogen) atoms. The maximum Gasteiger partial charge on any atom is 0.325 e. The Morgan fingerprint density at radius 2 is 1.81 bits per heavy atom. The van der Waals surface area contributed by atoms with E-state index < -0.39 is 29.9 Å². The first-order valence-corrected chi connectivity index (χ1v) is 10.3. The van der Waals surface area contributed by atoms with Crippen molar-refractivity contribution >= 4 is 45.9 Å². The van der Waals surface area contributed by atoms with Crippen molar-refractivity contribution in [2.45, 2.75) is 26.3 Å². The van der Waals surface area contributed by atoms with E-state index in [2.05, 4.69) is 10.6 Å². The number of amides is 4. The molecule has 2 N–H and O–H groups in total. The third-order valence-corrected chi connectivity index (χ3v) is 5.90. The zero-order valence-corrected chi connectivity index (χ0v) is 18.2. The predicted molar refractivity (Wildman–Crippen MR) is 121 cm³/mol. The van der Waals surface area contributed by atoms with Gasteiger partial charge < -0.3 is 10.6 Å². The lowest BCUT2D eigenvalue weighted by molar-refractivity contribution is -0.133. The van der Waals surface area contributed by atoms with Gasteiger partial charge in [-0.25, -0.2) is 4.79 Å². The van der Waals surface area contributed by atoms with Gasteiger partial charge in [0.25, 0.3) is 5.91 Å². The minimum absolute atomic E-state index is 0.406. The van der Waals surface area contributed by atoms with Crippen LogP contribution in [0.1, 0.15) is 23.6 Å². The number of nitrogens with zero attached hydrogens (tertiary/aromatic N) is 1. The van der Waals surface area contributed by atoms with Gasteiger partial charge >= 0.3 is 6.03 Å². The van der Waals surface area contributed by atoms with Crippen LogP contribution in [0.2, 0.25) is 5.02 Å². The minimum atomic E-state index is -1.27. The third kappa shape index (κ3) is 3.64. The average molecular weight is 436 g/mol. The number of hydrogen-bond acceptors (Lipinski definition) is 3. The van der Waals surface area contributed by atoms with E-state index in [1.807, 2.05) is 62.4 Å². The number of aryl methyl sites for hydroxylation is 2. The molecule has 7 heteroatoms. The lowest BCUT2D eigenvalue weighted by atomic mass is 9.88. The topological polar surface area (TPSA) is 78.5 Å². The van der Waals surface area contributed by atoms with E-state index in [1.54, 1.807) is 13.0 Å². The van der Waals surface area contributed by atoms with Crippen LogP contribution in [0.3, 0.4) is 0 Å². The number of fused-ring (bicyclic) bond motifs is 1. The molecule has 6 nitrogen and oxygen atoms in total. The molecule has 1 fully saturated rings. The van der Waals surface area contributed by atoms with Crippen LogP contribution in [0, 0.1) is 13.8 Å². The summed E-state index contributed by atoms with van der Waals surface area (Å²) in [6, 6.07) is 16.3. The molecule has 1 heterocycles. The molecule has 3 aromatic rings. The number of anilines is 1. The van der Waals surface area contributed by atoms with Crippen molar-refractivity contribution in [3.63, 3.8) is 0 Å². The van der Waals surface area contributed by atoms with Gasteiger partial charge in [-0.1, -0.05) is 60.1 Å². The Bertz CT molecular complexity index is 1210. The predicted octanol–water partition coefficient (Wildman–Crippen LogP) is 4.52. The molecule has 1 aliphatic rings. The van der Waals surface area contributed by atoms with Gasteiger partial charge in [-0.15, -0.1) is 0 Å². The summed E-state index contributed by atoms with van der Waals surface area (Å²) in [5.74, 6) is -0.977. The molecule has 0 bridgehead atoms. The van der Waals surface area contributed by atoms with E-state index in [1.165, 1.54) is 0 Å². The van der Waals surface area contributed by atoms with Crippen LogP contribution >= 0.6 is 11.6 Å². The van der Waals surface area contributed by atoms with E-state index in [-0.39, 0.29) is 0 Å². The Labute approximate surface area is 185 Å². The summed E-state index contributed by atoms with van der Waals surface area (Å²) in [5, 5.41) is 7.73. The highest BCUT2D eigenvalue weighted by Gasteiger charge is 2.50. The van der Waals surface area contributed by atoms with Crippen molar-refractivity contribution in [2.24, 2.45) is 0 Å². The number of benzene rings is 3. The van der Waals surface area contributed by atoms with Gasteiger partial charge in [-0.3, -0.25) is 14.5 Å². The van der Waals surface area contributed by atoms with Crippen molar-refractivity contribution in [3.8, 4) is 0 Å². The molecule has 1 aliphatic heterocycles. The summed E-state index contributed by atoms with van der Waals surface area (Å²) in [6.45, 7) is 4.99. The first kappa shape index (κ1) is 20.9. The molecule has 0 aromatic heterocycles. The van der Waals surface area contributed by atoms with Crippen LogP contribution in [-0.2, 0) is 15.1 Å². The molecule has 1 saturated heterocycles. The standard InChI is InChI=1S/C24H22ClN3O3/c1-14-11-15(2)21(19(25)12-14)26-20(29)13-28-22(30)24(3,27-23(28)31)18-10-6-8-16-7-4-5-9-17(16)18/h4-12H,13H2,1-3H3,(H,26,29)(H,27,31). The average Bonchev–Trinajstić information content (AvgIpc) is 2.94. The normalized spacial score (nSPS) is 18.4. The molecular weight excluding hydrogens is 414 g/mol. The van der Waals surface area contributed by atoms with Gasteiger partial charge in [0.2, 0.25) is 5.91 Å². The number of imide groups is 1. The van der Waals surface area contributed by atoms with Crippen molar-refractivity contribution in [2.75, 3.05) is 11.9 Å². The second kappa shape index (κ2) is 7.71. The molecule has 0 saturated carbocycles. The highest BCUT2D eigenvalue weighted by atomic mass is 35.5. The van der Waals surface area contributed by atoms with Crippen LogP contribution in [0.4, 0.5) is 10.5 Å². The van der Waals surface area contributed by atoms with Crippen LogP contribution in [0.5, 0.6) is 0 Å². The number of carbonyl (C=O) groups excluding carboxylic acids is 3. The van der Waals surface area contributed by atoms with Crippen molar-refractivity contribution in [3.05, 3.63) is 76.3 Å². The van der Waals surface area contributed by atoms with Gasteiger partial charge in [-0.2, -0.15) is 0 Å². The third-order valence-electron chi connectivity index (χ3n) is 5.60. The van der Waals surface area contributed by atoms with Crippen LogP contribution in [0.25, 0.3) is 10.8 Å². The number of halogens is 1.